The lowest BCUT2D eigenvalue weighted by Gasteiger charge is -2.40. The molecule has 1 heterocycles. The molecular weight excluding hydrogens is 320 g/mol. The minimum Gasteiger partial charge on any atom is -0.497 e. The normalized spacial score (nSPS) is 20.2. The molecular formula is C19H28N2O4. The highest BCUT2D eigenvalue weighted by atomic mass is 16.5. The van der Waals surface area contributed by atoms with Gasteiger partial charge in [-0.2, -0.15) is 0 Å². The third-order valence-electron chi connectivity index (χ3n) is 4.74. The molecule has 2 amide bonds. The Morgan fingerprint density at radius 2 is 1.96 bits per heavy atom. The van der Waals surface area contributed by atoms with Crippen LogP contribution in [0.4, 0.5) is 0 Å². The second-order valence-electron chi connectivity index (χ2n) is 6.36. The summed E-state index contributed by atoms with van der Waals surface area (Å²) in [5, 5.41) is 2.93. The van der Waals surface area contributed by atoms with E-state index in [0.29, 0.717) is 19.4 Å². The molecule has 0 unspecified atom stereocenters. The summed E-state index contributed by atoms with van der Waals surface area (Å²) in [5.74, 6) is 0.826. The lowest BCUT2D eigenvalue weighted by molar-refractivity contribution is -0.138. The molecule has 0 spiro atoms. The monoisotopic (exact) mass is 348 g/mol. The van der Waals surface area contributed by atoms with E-state index in [-0.39, 0.29) is 24.0 Å². The molecule has 0 aliphatic carbocycles. The molecule has 0 saturated carbocycles. The molecule has 0 radical (unpaired) electrons. The van der Waals surface area contributed by atoms with Gasteiger partial charge in [-0.25, -0.2) is 0 Å². The fourth-order valence-electron chi connectivity index (χ4n) is 3.34. The predicted molar refractivity (Wildman–Crippen MR) is 95.3 cm³/mol. The summed E-state index contributed by atoms with van der Waals surface area (Å²) in [4.78, 5) is 25.9. The number of piperidine rings is 1. The first-order chi connectivity index (χ1) is 12.0. The van der Waals surface area contributed by atoms with Gasteiger partial charge in [0.05, 0.1) is 19.3 Å². The lowest BCUT2D eigenvalue weighted by atomic mass is 9.94. The number of rotatable bonds is 7. The summed E-state index contributed by atoms with van der Waals surface area (Å²) < 4.78 is 10.6. The van der Waals surface area contributed by atoms with E-state index in [1.165, 1.54) is 0 Å². The number of amides is 2. The number of methoxy groups -OCH3 is 2. The Labute approximate surface area is 149 Å². The third kappa shape index (κ3) is 5.46. The van der Waals surface area contributed by atoms with Crippen LogP contribution in [-0.4, -0.2) is 49.6 Å². The maximum atomic E-state index is 12.2. The van der Waals surface area contributed by atoms with E-state index >= 15 is 0 Å². The van der Waals surface area contributed by atoms with Gasteiger partial charge >= 0.3 is 0 Å². The van der Waals surface area contributed by atoms with E-state index in [0.717, 1.165) is 30.7 Å². The summed E-state index contributed by atoms with van der Waals surface area (Å²) in [5.41, 5.74) is 1.02. The first kappa shape index (κ1) is 19.2. The van der Waals surface area contributed by atoms with Crippen LogP contribution in [0.25, 0.3) is 0 Å². The summed E-state index contributed by atoms with van der Waals surface area (Å²) in [6.07, 6.45) is 2.88. The van der Waals surface area contributed by atoms with E-state index in [2.05, 4.69) is 5.32 Å². The molecule has 0 aromatic heterocycles. The molecule has 1 fully saturated rings. The average molecular weight is 348 g/mol. The fraction of sp³-hybridized carbons (Fsp3) is 0.579. The molecule has 6 heteroatoms. The van der Waals surface area contributed by atoms with Crippen LogP contribution in [-0.2, 0) is 20.9 Å². The molecule has 0 bridgehead atoms. The van der Waals surface area contributed by atoms with Crippen molar-refractivity contribution in [2.45, 2.75) is 51.3 Å². The zero-order chi connectivity index (χ0) is 18.2. The standard InChI is InChI=1S/C19H28N2O4/c1-14(22)21-12-4-5-18(25-3)17(21)10-11-19(23)20-13-15-6-8-16(24-2)9-7-15/h6-9,17-18H,4-5,10-13H2,1-3H3,(H,20,23)/t17-,18-/m0/s1. The van der Waals surface area contributed by atoms with Gasteiger partial charge in [0.1, 0.15) is 5.75 Å². The minimum absolute atomic E-state index is 0.00652. The molecule has 1 saturated heterocycles. The van der Waals surface area contributed by atoms with Crippen LogP contribution in [0.3, 0.4) is 0 Å². The predicted octanol–water partition coefficient (Wildman–Crippen LogP) is 2.12. The quantitative estimate of drug-likeness (QED) is 0.819. The maximum Gasteiger partial charge on any atom is 0.220 e. The van der Waals surface area contributed by atoms with Gasteiger partial charge in [0.2, 0.25) is 11.8 Å². The van der Waals surface area contributed by atoms with Crippen molar-refractivity contribution in [3.8, 4) is 5.75 Å². The van der Waals surface area contributed by atoms with Crippen molar-refractivity contribution in [2.24, 2.45) is 0 Å². The molecule has 6 nitrogen and oxygen atoms in total. The number of nitrogens with zero attached hydrogens (tertiary/aromatic N) is 1. The van der Waals surface area contributed by atoms with Gasteiger partial charge in [-0.05, 0) is 37.0 Å². The molecule has 25 heavy (non-hydrogen) atoms. The van der Waals surface area contributed by atoms with Gasteiger partial charge in [-0.3, -0.25) is 9.59 Å². The smallest absolute Gasteiger partial charge is 0.220 e. The lowest BCUT2D eigenvalue weighted by Crippen LogP contribution is -2.51. The largest absolute Gasteiger partial charge is 0.497 e. The van der Waals surface area contributed by atoms with Crippen molar-refractivity contribution in [1.82, 2.24) is 10.2 Å². The van der Waals surface area contributed by atoms with Crippen molar-refractivity contribution < 1.29 is 19.1 Å². The van der Waals surface area contributed by atoms with E-state index < -0.39 is 0 Å². The van der Waals surface area contributed by atoms with Gasteiger partial charge in [0, 0.05) is 33.5 Å². The van der Waals surface area contributed by atoms with Gasteiger partial charge in [-0.1, -0.05) is 12.1 Å². The molecule has 2 atom stereocenters. The van der Waals surface area contributed by atoms with E-state index in [1.807, 2.05) is 29.2 Å². The Hall–Kier alpha value is -2.08. The first-order valence-corrected chi connectivity index (χ1v) is 8.74. The molecule has 138 valence electrons. The van der Waals surface area contributed by atoms with E-state index in [4.69, 9.17) is 9.47 Å². The van der Waals surface area contributed by atoms with Crippen LogP contribution >= 0.6 is 0 Å². The molecule has 2 rings (SSSR count). The highest BCUT2D eigenvalue weighted by Crippen LogP contribution is 2.23. The number of carbonyl (C=O) groups is 2. The van der Waals surface area contributed by atoms with Crippen LogP contribution in [0, 0.1) is 0 Å². The molecule has 1 aliphatic heterocycles. The van der Waals surface area contributed by atoms with Gasteiger partial charge in [0.15, 0.2) is 0 Å². The average Bonchev–Trinajstić information content (AvgIpc) is 2.64. The topological polar surface area (TPSA) is 67.9 Å². The van der Waals surface area contributed by atoms with Crippen molar-refractivity contribution in [2.75, 3.05) is 20.8 Å². The van der Waals surface area contributed by atoms with Crippen LogP contribution in [0.1, 0.15) is 38.2 Å². The number of likely N-dealkylation sites (tertiary alicyclic amines) is 1. The summed E-state index contributed by atoms with van der Waals surface area (Å²) in [7, 11) is 3.30. The molecule has 1 aromatic rings. The number of nitrogens with one attached hydrogen (secondary N) is 1. The van der Waals surface area contributed by atoms with Crippen LogP contribution in [0.15, 0.2) is 24.3 Å². The van der Waals surface area contributed by atoms with Gasteiger partial charge in [0.25, 0.3) is 0 Å². The molecule has 1 aliphatic rings. The van der Waals surface area contributed by atoms with Crippen molar-refractivity contribution in [3.05, 3.63) is 29.8 Å². The van der Waals surface area contributed by atoms with Crippen LogP contribution in [0.5, 0.6) is 5.75 Å². The minimum atomic E-state index is -0.0250. The summed E-state index contributed by atoms with van der Waals surface area (Å²) >= 11 is 0. The van der Waals surface area contributed by atoms with Crippen molar-refractivity contribution >= 4 is 11.8 Å². The number of ether oxygens (including phenoxy) is 2. The Morgan fingerprint density at radius 1 is 1.24 bits per heavy atom. The Kier molecular flexibility index (Phi) is 7.25. The Bertz CT molecular complexity index is 573. The summed E-state index contributed by atoms with van der Waals surface area (Å²) in [6, 6.07) is 7.58. The zero-order valence-electron chi connectivity index (χ0n) is 15.3. The summed E-state index contributed by atoms with van der Waals surface area (Å²) in [6.45, 7) is 2.81. The highest BCUT2D eigenvalue weighted by Gasteiger charge is 2.33. The van der Waals surface area contributed by atoms with Crippen LogP contribution in [0.2, 0.25) is 0 Å². The van der Waals surface area contributed by atoms with Gasteiger partial charge < -0.3 is 19.7 Å². The molecule has 1 N–H and O–H groups in total. The number of hydrogen-bond acceptors (Lipinski definition) is 4. The van der Waals surface area contributed by atoms with Crippen molar-refractivity contribution in [3.63, 3.8) is 0 Å². The SMILES string of the molecule is COc1ccc(CNC(=O)CC[C@H]2[C@@H](OC)CCCN2C(C)=O)cc1. The van der Waals surface area contributed by atoms with E-state index in [1.54, 1.807) is 21.1 Å². The fourth-order valence-corrected chi connectivity index (χ4v) is 3.34. The first-order valence-electron chi connectivity index (χ1n) is 8.74. The van der Waals surface area contributed by atoms with Crippen LogP contribution < -0.4 is 10.1 Å². The second kappa shape index (κ2) is 9.42. The Morgan fingerprint density at radius 3 is 2.56 bits per heavy atom. The number of hydrogen-bond donors (Lipinski definition) is 1. The number of benzene rings is 1. The van der Waals surface area contributed by atoms with Crippen molar-refractivity contribution in [1.29, 1.82) is 0 Å². The van der Waals surface area contributed by atoms with Gasteiger partial charge in [-0.15, -0.1) is 0 Å². The van der Waals surface area contributed by atoms with E-state index in [9.17, 15) is 9.59 Å². The highest BCUT2D eigenvalue weighted by molar-refractivity contribution is 5.76. The number of carbonyl (C=O) groups excluding carboxylic acids is 2. The zero-order valence-corrected chi connectivity index (χ0v) is 15.3. The maximum absolute atomic E-state index is 12.2. The molecule has 1 aromatic carbocycles. The second-order valence-corrected chi connectivity index (χ2v) is 6.36. The third-order valence-corrected chi connectivity index (χ3v) is 4.74. The Balaban J connectivity index is 1.83.